The first-order valence-corrected chi connectivity index (χ1v) is 21.2. The van der Waals surface area contributed by atoms with Crippen molar-refractivity contribution in [2.75, 3.05) is 39.5 Å². The Kier molecular flexibility index (Phi) is 33.1. The van der Waals surface area contributed by atoms with Gasteiger partial charge in [0.25, 0.3) is 0 Å². The first kappa shape index (κ1) is 46.3. The van der Waals surface area contributed by atoms with Crippen LogP contribution in [0.25, 0.3) is 0 Å². The molecule has 0 aromatic rings. The third-order valence-corrected chi connectivity index (χ3v) is 9.62. The van der Waals surface area contributed by atoms with Crippen LogP contribution in [0.15, 0.2) is 24.3 Å². The number of unbranched alkanes of at least 4 members (excludes halogenated alkanes) is 16. The summed E-state index contributed by atoms with van der Waals surface area (Å²) in [5, 5.41) is 0. The van der Waals surface area contributed by atoms with Crippen LogP contribution in [0, 0.1) is 0 Å². The molecule has 0 saturated carbocycles. The average Bonchev–Trinajstić information content (AvgIpc) is 3.63. The quantitative estimate of drug-likeness (QED) is 0.0278. The molecule has 0 N–H and O–H groups in total. The first-order valence-electron chi connectivity index (χ1n) is 21.2. The van der Waals surface area contributed by atoms with E-state index in [-0.39, 0.29) is 24.3 Å². The predicted octanol–water partition coefficient (Wildman–Crippen LogP) is 11.4. The lowest BCUT2D eigenvalue weighted by Gasteiger charge is -2.24. The Morgan fingerprint density at radius 3 is 1.56 bits per heavy atom. The Balaban J connectivity index is 2.19. The van der Waals surface area contributed by atoms with E-state index in [1.807, 2.05) is 19.1 Å². The van der Waals surface area contributed by atoms with E-state index in [1.54, 1.807) is 0 Å². The summed E-state index contributed by atoms with van der Waals surface area (Å²) in [6, 6.07) is 0. The third kappa shape index (κ3) is 31.1. The molecule has 0 radical (unpaired) electrons. The smallest absolute Gasteiger partial charge is 0.306 e. The van der Waals surface area contributed by atoms with Gasteiger partial charge in [0, 0.05) is 19.4 Å². The Morgan fingerprint density at radius 2 is 1.06 bits per heavy atom. The molecule has 7 nitrogen and oxygen atoms in total. The molecule has 1 saturated heterocycles. The lowest BCUT2D eigenvalue weighted by Crippen LogP contribution is -2.28. The summed E-state index contributed by atoms with van der Waals surface area (Å²) in [6.07, 6.45) is 37.0. The van der Waals surface area contributed by atoms with Gasteiger partial charge >= 0.3 is 11.9 Å². The number of allylic oxidation sites excluding steroid dienone is 2. The van der Waals surface area contributed by atoms with Gasteiger partial charge in [-0.25, -0.2) is 0 Å². The number of hydrogen-bond donors (Lipinski definition) is 0. The predicted molar refractivity (Wildman–Crippen MR) is 208 cm³/mol. The Morgan fingerprint density at radius 1 is 0.600 bits per heavy atom. The topological polar surface area (TPSA) is 74.3 Å². The van der Waals surface area contributed by atoms with Crippen molar-refractivity contribution in [3.63, 3.8) is 0 Å². The minimum Gasteiger partial charge on any atom is -0.461 e. The molecule has 1 aliphatic rings. The summed E-state index contributed by atoms with van der Waals surface area (Å²) >= 11 is 0. The first-order chi connectivity index (χ1) is 24.5. The number of nitrogens with zero attached hydrogens (tertiary/aromatic N) is 1. The van der Waals surface area contributed by atoms with Gasteiger partial charge in [0.1, 0.15) is 13.2 Å². The molecule has 7 heteroatoms. The van der Waals surface area contributed by atoms with E-state index in [1.165, 1.54) is 77.3 Å². The van der Waals surface area contributed by atoms with E-state index in [0.29, 0.717) is 26.1 Å². The van der Waals surface area contributed by atoms with Crippen molar-refractivity contribution in [2.24, 2.45) is 0 Å². The summed E-state index contributed by atoms with van der Waals surface area (Å²) in [4.78, 5) is 26.6. The van der Waals surface area contributed by atoms with Crippen LogP contribution in [0.4, 0.5) is 0 Å². The van der Waals surface area contributed by atoms with Crippen LogP contribution >= 0.6 is 0 Å². The lowest BCUT2D eigenvalue weighted by molar-refractivity contribution is -0.165. The van der Waals surface area contributed by atoms with Gasteiger partial charge in [-0.1, -0.05) is 128 Å². The Bertz CT molecular complexity index is 772. The zero-order valence-corrected chi connectivity index (χ0v) is 33.0. The monoisotopic (exact) mass is 706 g/mol. The lowest BCUT2D eigenvalue weighted by atomic mass is 10.0. The molecule has 0 amide bonds. The number of hydrogen-bond acceptors (Lipinski definition) is 7. The van der Waals surface area contributed by atoms with Crippen molar-refractivity contribution in [3.05, 3.63) is 24.3 Å². The van der Waals surface area contributed by atoms with Gasteiger partial charge in [-0.3, -0.25) is 9.59 Å². The standard InChI is InChI=1S/C43H79NO6/c1-4-6-8-10-12-20-28-37-48-42(45)32-24-18-14-16-22-30-41(50-40(3)47-39-36-44-34-26-27-35-44)31-23-17-15-19-25-33-43(46)49-38-29-21-13-11-9-7-5-2/h20-21,28-29,40-41H,4-19,22-27,30-39H2,1-3H3/b28-20-,29-21-. The summed E-state index contributed by atoms with van der Waals surface area (Å²) in [5.41, 5.74) is 0. The van der Waals surface area contributed by atoms with E-state index in [0.717, 1.165) is 103 Å². The molecule has 1 atom stereocenters. The highest BCUT2D eigenvalue weighted by molar-refractivity contribution is 5.69. The minimum absolute atomic E-state index is 0.0797. The Labute approximate surface area is 308 Å². The van der Waals surface area contributed by atoms with E-state index < -0.39 is 0 Å². The molecule has 1 rings (SSSR count). The summed E-state index contributed by atoms with van der Waals surface area (Å²) < 4.78 is 23.2. The second-order valence-corrected chi connectivity index (χ2v) is 14.4. The highest BCUT2D eigenvalue weighted by atomic mass is 16.7. The molecule has 1 heterocycles. The van der Waals surface area contributed by atoms with Gasteiger partial charge in [0.05, 0.1) is 12.7 Å². The van der Waals surface area contributed by atoms with Gasteiger partial charge in [0.2, 0.25) is 0 Å². The normalized spacial score (nSPS) is 14.4. The summed E-state index contributed by atoms with van der Waals surface area (Å²) in [7, 11) is 0. The van der Waals surface area contributed by atoms with Crippen LogP contribution in [0.3, 0.4) is 0 Å². The van der Waals surface area contributed by atoms with Crippen molar-refractivity contribution in [1.29, 1.82) is 0 Å². The van der Waals surface area contributed by atoms with Crippen molar-refractivity contribution >= 4 is 11.9 Å². The van der Waals surface area contributed by atoms with Gasteiger partial charge in [0.15, 0.2) is 6.29 Å². The highest BCUT2D eigenvalue weighted by Gasteiger charge is 2.16. The maximum Gasteiger partial charge on any atom is 0.306 e. The van der Waals surface area contributed by atoms with E-state index in [4.69, 9.17) is 18.9 Å². The van der Waals surface area contributed by atoms with E-state index in [9.17, 15) is 9.59 Å². The third-order valence-electron chi connectivity index (χ3n) is 9.62. The fourth-order valence-electron chi connectivity index (χ4n) is 6.46. The van der Waals surface area contributed by atoms with Gasteiger partial charge in [-0.05, 0) is 84.2 Å². The maximum atomic E-state index is 12.0. The zero-order chi connectivity index (χ0) is 36.2. The molecule has 0 aliphatic carbocycles. The highest BCUT2D eigenvalue weighted by Crippen LogP contribution is 2.19. The van der Waals surface area contributed by atoms with Crippen molar-refractivity contribution < 1.29 is 28.5 Å². The van der Waals surface area contributed by atoms with Crippen LogP contribution < -0.4 is 0 Å². The zero-order valence-electron chi connectivity index (χ0n) is 33.0. The van der Waals surface area contributed by atoms with Gasteiger partial charge in [-0.15, -0.1) is 0 Å². The molecule has 1 fully saturated rings. The van der Waals surface area contributed by atoms with Crippen LogP contribution in [0.1, 0.15) is 188 Å². The number of carbonyl (C=O) groups is 2. The van der Waals surface area contributed by atoms with Crippen molar-refractivity contribution in [1.82, 2.24) is 4.90 Å². The van der Waals surface area contributed by atoms with E-state index >= 15 is 0 Å². The second-order valence-electron chi connectivity index (χ2n) is 14.4. The van der Waals surface area contributed by atoms with Crippen molar-refractivity contribution in [3.8, 4) is 0 Å². The van der Waals surface area contributed by atoms with Crippen LogP contribution in [-0.2, 0) is 28.5 Å². The van der Waals surface area contributed by atoms with Gasteiger partial charge in [-0.2, -0.15) is 0 Å². The van der Waals surface area contributed by atoms with Crippen LogP contribution in [0.5, 0.6) is 0 Å². The Hall–Kier alpha value is -1.70. The molecule has 1 unspecified atom stereocenters. The summed E-state index contributed by atoms with van der Waals surface area (Å²) in [6.45, 7) is 11.4. The number of esters is 2. The molecule has 0 aromatic heterocycles. The SMILES string of the molecule is CCCCCC/C=C\COC(=O)CCCCCCCC(CCCCCCCC(=O)OC/C=C\CCCCCC)OC(C)OCCN1CCCC1. The molecule has 0 spiro atoms. The molecule has 292 valence electrons. The summed E-state index contributed by atoms with van der Waals surface area (Å²) in [5.74, 6) is -0.159. The average molecular weight is 706 g/mol. The number of likely N-dealkylation sites (tertiary alicyclic amines) is 1. The number of ether oxygens (including phenoxy) is 4. The maximum absolute atomic E-state index is 12.0. The van der Waals surface area contributed by atoms with Gasteiger partial charge < -0.3 is 23.8 Å². The fraction of sp³-hybridized carbons (Fsp3) is 0.860. The molecular weight excluding hydrogens is 626 g/mol. The minimum atomic E-state index is -0.188. The largest absolute Gasteiger partial charge is 0.461 e. The number of rotatable bonds is 36. The van der Waals surface area contributed by atoms with Crippen LogP contribution in [0.2, 0.25) is 0 Å². The fourth-order valence-corrected chi connectivity index (χ4v) is 6.46. The molecule has 50 heavy (non-hydrogen) atoms. The number of carbonyl (C=O) groups excluding carboxylic acids is 2. The second kappa shape index (κ2) is 35.7. The molecular formula is C43H79NO6. The molecule has 0 bridgehead atoms. The molecule has 1 aliphatic heterocycles. The van der Waals surface area contributed by atoms with E-state index in [2.05, 4.69) is 30.9 Å². The van der Waals surface area contributed by atoms with Crippen LogP contribution in [-0.4, -0.2) is 68.7 Å². The molecule has 0 aromatic carbocycles. The van der Waals surface area contributed by atoms with Crippen molar-refractivity contribution in [2.45, 2.75) is 200 Å².